The molecule has 0 radical (unpaired) electrons. The molecule has 1 N–H and O–H groups in total. The molecule has 0 atom stereocenters. The molecule has 6 nitrogen and oxygen atoms in total. The zero-order valence-electron chi connectivity index (χ0n) is 12.5. The summed E-state index contributed by atoms with van der Waals surface area (Å²) < 4.78 is 0. The number of aromatic amines is 1. The Hall–Kier alpha value is -3.54. The van der Waals surface area contributed by atoms with E-state index in [1.807, 2.05) is 48.5 Å². The van der Waals surface area contributed by atoms with Crippen molar-refractivity contribution in [1.29, 1.82) is 0 Å². The SMILES string of the molecule is O=[N+]([O-])c1cccnc1-c1ccc(-c2nc3ccccc3[nH]2)cc1. The second-order valence-corrected chi connectivity index (χ2v) is 5.31. The third kappa shape index (κ3) is 2.40. The summed E-state index contributed by atoms with van der Waals surface area (Å²) in [6, 6.07) is 18.2. The molecule has 116 valence electrons. The van der Waals surface area contributed by atoms with E-state index < -0.39 is 4.92 Å². The quantitative estimate of drug-likeness (QED) is 0.453. The Labute approximate surface area is 137 Å². The Morgan fingerprint density at radius 2 is 1.67 bits per heavy atom. The average Bonchev–Trinajstić information content (AvgIpc) is 3.06. The first-order valence-electron chi connectivity index (χ1n) is 7.37. The van der Waals surface area contributed by atoms with E-state index in [2.05, 4.69) is 15.0 Å². The summed E-state index contributed by atoms with van der Waals surface area (Å²) in [5.74, 6) is 0.762. The van der Waals surface area contributed by atoms with Crippen molar-refractivity contribution >= 4 is 16.7 Å². The number of rotatable bonds is 3. The summed E-state index contributed by atoms with van der Waals surface area (Å²) in [7, 11) is 0. The minimum atomic E-state index is -0.421. The predicted octanol–water partition coefficient (Wildman–Crippen LogP) is 4.20. The van der Waals surface area contributed by atoms with E-state index >= 15 is 0 Å². The lowest BCUT2D eigenvalue weighted by molar-refractivity contribution is -0.384. The standard InChI is InChI=1S/C18H12N4O2/c23-22(24)16-6-3-11-19-17(16)12-7-9-13(10-8-12)18-20-14-4-1-2-5-15(14)21-18/h1-11H,(H,20,21). The van der Waals surface area contributed by atoms with Crippen LogP contribution >= 0.6 is 0 Å². The van der Waals surface area contributed by atoms with E-state index in [0.29, 0.717) is 11.3 Å². The van der Waals surface area contributed by atoms with Gasteiger partial charge in [0, 0.05) is 23.4 Å². The molecule has 0 aliphatic carbocycles. The molecule has 0 aliphatic rings. The molecule has 24 heavy (non-hydrogen) atoms. The maximum Gasteiger partial charge on any atom is 0.295 e. The molecular weight excluding hydrogens is 304 g/mol. The van der Waals surface area contributed by atoms with Gasteiger partial charge in [-0.05, 0) is 18.2 Å². The molecule has 2 aromatic carbocycles. The highest BCUT2D eigenvalue weighted by atomic mass is 16.6. The molecule has 4 aromatic rings. The van der Waals surface area contributed by atoms with Crippen LogP contribution in [0.3, 0.4) is 0 Å². The molecule has 0 spiro atoms. The number of imidazole rings is 1. The van der Waals surface area contributed by atoms with E-state index in [-0.39, 0.29) is 5.69 Å². The largest absolute Gasteiger partial charge is 0.338 e. The Morgan fingerprint density at radius 1 is 0.917 bits per heavy atom. The van der Waals surface area contributed by atoms with E-state index in [4.69, 9.17) is 0 Å². The maximum absolute atomic E-state index is 11.1. The summed E-state index contributed by atoms with van der Waals surface area (Å²) in [6.07, 6.45) is 1.55. The number of fused-ring (bicyclic) bond motifs is 1. The Balaban J connectivity index is 1.74. The number of pyridine rings is 1. The van der Waals surface area contributed by atoms with Crippen LogP contribution in [0.4, 0.5) is 5.69 Å². The van der Waals surface area contributed by atoms with Gasteiger partial charge in [0.15, 0.2) is 0 Å². The number of aromatic nitrogens is 3. The smallest absolute Gasteiger partial charge is 0.295 e. The van der Waals surface area contributed by atoms with Gasteiger partial charge < -0.3 is 4.98 Å². The van der Waals surface area contributed by atoms with Gasteiger partial charge in [-0.15, -0.1) is 0 Å². The lowest BCUT2D eigenvalue weighted by Crippen LogP contribution is -1.94. The van der Waals surface area contributed by atoms with E-state index in [1.165, 1.54) is 6.07 Å². The lowest BCUT2D eigenvalue weighted by atomic mass is 10.1. The van der Waals surface area contributed by atoms with Crippen molar-refractivity contribution < 1.29 is 4.92 Å². The van der Waals surface area contributed by atoms with Crippen LogP contribution in [-0.2, 0) is 0 Å². The number of benzene rings is 2. The van der Waals surface area contributed by atoms with Crippen molar-refractivity contribution in [3.8, 4) is 22.6 Å². The Bertz CT molecular complexity index is 1010. The third-order valence-corrected chi connectivity index (χ3v) is 3.80. The van der Waals surface area contributed by atoms with Gasteiger partial charge in [-0.2, -0.15) is 0 Å². The highest BCUT2D eigenvalue weighted by molar-refractivity contribution is 5.80. The molecule has 0 aliphatic heterocycles. The first kappa shape index (κ1) is 14.1. The fourth-order valence-corrected chi connectivity index (χ4v) is 2.64. The normalized spacial score (nSPS) is 10.8. The summed E-state index contributed by atoms with van der Waals surface area (Å²) in [4.78, 5) is 22.7. The van der Waals surface area contributed by atoms with Gasteiger partial charge >= 0.3 is 0 Å². The fourth-order valence-electron chi connectivity index (χ4n) is 2.64. The molecule has 0 saturated heterocycles. The minimum Gasteiger partial charge on any atom is -0.338 e. The van der Waals surface area contributed by atoms with E-state index in [1.54, 1.807) is 12.3 Å². The van der Waals surface area contributed by atoms with E-state index in [0.717, 1.165) is 22.4 Å². The van der Waals surface area contributed by atoms with Crippen molar-refractivity contribution in [2.45, 2.75) is 0 Å². The molecule has 0 amide bonds. The molecule has 2 heterocycles. The van der Waals surface area contributed by atoms with Crippen LogP contribution in [0, 0.1) is 10.1 Å². The van der Waals surface area contributed by atoms with Gasteiger partial charge in [0.1, 0.15) is 11.5 Å². The van der Waals surface area contributed by atoms with Crippen molar-refractivity contribution in [2.75, 3.05) is 0 Å². The Morgan fingerprint density at radius 3 is 2.42 bits per heavy atom. The number of hydrogen-bond donors (Lipinski definition) is 1. The summed E-state index contributed by atoms with van der Waals surface area (Å²) in [5, 5.41) is 11.1. The zero-order chi connectivity index (χ0) is 16.5. The number of H-pyrrole nitrogens is 1. The molecule has 0 fully saturated rings. The van der Waals surface area contributed by atoms with Gasteiger partial charge in [0.2, 0.25) is 0 Å². The highest BCUT2D eigenvalue weighted by Gasteiger charge is 2.16. The van der Waals surface area contributed by atoms with Crippen molar-refractivity contribution in [3.63, 3.8) is 0 Å². The van der Waals surface area contributed by atoms with Crippen LogP contribution in [0.2, 0.25) is 0 Å². The van der Waals surface area contributed by atoms with E-state index in [9.17, 15) is 10.1 Å². The van der Waals surface area contributed by atoms with Gasteiger partial charge in [0.05, 0.1) is 16.0 Å². The van der Waals surface area contributed by atoms with Gasteiger partial charge in [-0.25, -0.2) is 9.97 Å². The van der Waals surface area contributed by atoms with Crippen LogP contribution in [0.15, 0.2) is 66.9 Å². The van der Waals surface area contributed by atoms with Gasteiger partial charge in [-0.3, -0.25) is 10.1 Å². The highest BCUT2D eigenvalue weighted by Crippen LogP contribution is 2.29. The second-order valence-electron chi connectivity index (χ2n) is 5.31. The molecule has 0 bridgehead atoms. The summed E-state index contributed by atoms with van der Waals surface area (Å²) in [6.45, 7) is 0. The number of nitrogens with one attached hydrogen (secondary N) is 1. The molecular formula is C18H12N4O2. The van der Waals surface area contributed by atoms with Crippen molar-refractivity contribution in [2.24, 2.45) is 0 Å². The lowest BCUT2D eigenvalue weighted by Gasteiger charge is -2.03. The van der Waals surface area contributed by atoms with Gasteiger partial charge in [-0.1, -0.05) is 36.4 Å². The zero-order valence-corrected chi connectivity index (χ0v) is 12.5. The number of para-hydroxylation sites is 2. The maximum atomic E-state index is 11.1. The first-order valence-corrected chi connectivity index (χ1v) is 7.37. The Kier molecular flexibility index (Phi) is 3.28. The molecule has 2 aromatic heterocycles. The second kappa shape index (κ2) is 5.58. The molecule has 6 heteroatoms. The minimum absolute atomic E-state index is 0.00557. The topological polar surface area (TPSA) is 84.7 Å². The first-order chi connectivity index (χ1) is 11.7. The molecule has 4 rings (SSSR count). The van der Waals surface area contributed by atoms with Gasteiger partial charge in [0.25, 0.3) is 5.69 Å². The van der Waals surface area contributed by atoms with Crippen LogP contribution in [0.5, 0.6) is 0 Å². The van der Waals surface area contributed by atoms with Crippen LogP contribution < -0.4 is 0 Å². The number of nitrogens with zero attached hydrogens (tertiary/aromatic N) is 3. The third-order valence-electron chi connectivity index (χ3n) is 3.80. The monoisotopic (exact) mass is 316 g/mol. The fraction of sp³-hybridized carbons (Fsp3) is 0. The van der Waals surface area contributed by atoms with Crippen molar-refractivity contribution in [1.82, 2.24) is 15.0 Å². The number of hydrogen-bond acceptors (Lipinski definition) is 4. The number of nitro groups is 1. The van der Waals surface area contributed by atoms with Crippen LogP contribution in [0.25, 0.3) is 33.7 Å². The predicted molar refractivity (Wildman–Crippen MR) is 91.4 cm³/mol. The summed E-state index contributed by atoms with van der Waals surface area (Å²) >= 11 is 0. The van der Waals surface area contributed by atoms with Crippen molar-refractivity contribution in [3.05, 3.63) is 77.0 Å². The molecule has 0 saturated carbocycles. The molecule has 0 unspecified atom stereocenters. The summed E-state index contributed by atoms with van der Waals surface area (Å²) in [5.41, 5.74) is 3.83. The van der Waals surface area contributed by atoms with Crippen LogP contribution in [0.1, 0.15) is 0 Å². The van der Waals surface area contributed by atoms with Crippen LogP contribution in [-0.4, -0.2) is 19.9 Å². The average molecular weight is 316 g/mol.